The van der Waals surface area contributed by atoms with Crippen LogP contribution in [0.1, 0.15) is 32.3 Å². The minimum Gasteiger partial charge on any atom is -0.396 e. The zero-order valence-electron chi connectivity index (χ0n) is 12.5. The molecule has 2 amide bonds. The van der Waals surface area contributed by atoms with Crippen LogP contribution in [0.25, 0.3) is 0 Å². The molecule has 0 saturated carbocycles. The predicted octanol–water partition coefficient (Wildman–Crippen LogP) is 2.58. The molecule has 0 radical (unpaired) electrons. The first-order chi connectivity index (χ1) is 9.81. The normalized spacial score (nSPS) is 13.3. The van der Waals surface area contributed by atoms with Gasteiger partial charge < -0.3 is 15.7 Å². The number of hydrogen-bond donors (Lipinski definition) is 3. The summed E-state index contributed by atoms with van der Waals surface area (Å²) >= 11 is 0. The lowest BCUT2D eigenvalue weighted by molar-refractivity contribution is -0.384. The summed E-state index contributed by atoms with van der Waals surface area (Å²) in [7, 11) is 0. The van der Waals surface area contributed by atoms with Crippen LogP contribution < -0.4 is 10.6 Å². The van der Waals surface area contributed by atoms with Gasteiger partial charge in [0.2, 0.25) is 0 Å². The fourth-order valence-corrected chi connectivity index (χ4v) is 1.90. The van der Waals surface area contributed by atoms with E-state index in [4.69, 9.17) is 5.11 Å². The van der Waals surface area contributed by atoms with Crippen molar-refractivity contribution in [3.63, 3.8) is 0 Å². The second-order valence-electron chi connectivity index (χ2n) is 5.22. The van der Waals surface area contributed by atoms with Gasteiger partial charge in [-0.3, -0.25) is 10.1 Å². The number of non-ortho nitro benzene ring substituents is 1. The Balaban J connectivity index is 2.77. The smallest absolute Gasteiger partial charge is 0.319 e. The van der Waals surface area contributed by atoms with Crippen LogP contribution >= 0.6 is 0 Å². The number of rotatable bonds is 6. The van der Waals surface area contributed by atoms with Crippen molar-refractivity contribution in [2.24, 2.45) is 0 Å². The second-order valence-corrected chi connectivity index (χ2v) is 5.22. The maximum absolute atomic E-state index is 12.0. The summed E-state index contributed by atoms with van der Waals surface area (Å²) in [5, 5.41) is 25.2. The van der Waals surface area contributed by atoms with Crippen molar-refractivity contribution >= 4 is 17.4 Å². The van der Waals surface area contributed by atoms with E-state index in [2.05, 4.69) is 10.6 Å². The van der Waals surface area contributed by atoms with E-state index in [0.29, 0.717) is 24.1 Å². The summed E-state index contributed by atoms with van der Waals surface area (Å²) in [6, 6.07) is 3.85. The molecule has 1 unspecified atom stereocenters. The molecule has 1 aromatic rings. The molecule has 0 heterocycles. The van der Waals surface area contributed by atoms with Gasteiger partial charge in [0.05, 0.1) is 4.92 Å². The highest BCUT2D eigenvalue weighted by molar-refractivity contribution is 5.90. The standard InChI is InChI=1S/C14H21N3O4/c1-4-14(3,7-8-18)16-13(19)15-12-6-5-11(17(20)21)9-10(12)2/h5-6,9,18H,4,7-8H2,1-3H3,(H2,15,16,19). The molecule has 1 rings (SSSR count). The summed E-state index contributed by atoms with van der Waals surface area (Å²) in [5.41, 5.74) is 0.616. The number of nitro groups is 1. The topological polar surface area (TPSA) is 104 Å². The molecule has 7 heteroatoms. The van der Waals surface area contributed by atoms with Crippen molar-refractivity contribution in [2.75, 3.05) is 11.9 Å². The largest absolute Gasteiger partial charge is 0.396 e. The Morgan fingerprint density at radius 3 is 2.62 bits per heavy atom. The Hall–Kier alpha value is -2.15. The summed E-state index contributed by atoms with van der Waals surface area (Å²) in [6.45, 7) is 5.45. The third-order valence-corrected chi connectivity index (χ3v) is 3.53. The summed E-state index contributed by atoms with van der Waals surface area (Å²) in [6.07, 6.45) is 1.14. The number of aryl methyl sites for hydroxylation is 1. The molecule has 0 aromatic heterocycles. The molecule has 0 spiro atoms. The molecule has 7 nitrogen and oxygen atoms in total. The first-order valence-electron chi connectivity index (χ1n) is 6.76. The number of aliphatic hydroxyl groups is 1. The van der Waals surface area contributed by atoms with E-state index in [1.54, 1.807) is 6.92 Å². The van der Waals surface area contributed by atoms with Crippen LogP contribution in [0.3, 0.4) is 0 Å². The van der Waals surface area contributed by atoms with Crippen molar-refractivity contribution in [2.45, 2.75) is 39.2 Å². The van der Waals surface area contributed by atoms with Crippen molar-refractivity contribution in [1.82, 2.24) is 5.32 Å². The van der Waals surface area contributed by atoms with E-state index < -0.39 is 16.5 Å². The van der Waals surface area contributed by atoms with Crippen LogP contribution in [0.2, 0.25) is 0 Å². The number of nitro benzene ring substituents is 1. The zero-order valence-corrected chi connectivity index (χ0v) is 12.5. The molecule has 0 aliphatic rings. The third kappa shape index (κ3) is 4.71. The van der Waals surface area contributed by atoms with E-state index in [0.717, 1.165) is 0 Å². The van der Waals surface area contributed by atoms with E-state index in [1.807, 2.05) is 13.8 Å². The number of nitrogens with one attached hydrogen (secondary N) is 2. The molecule has 1 aromatic carbocycles. The van der Waals surface area contributed by atoms with Crippen LogP contribution in [0.4, 0.5) is 16.2 Å². The van der Waals surface area contributed by atoms with Crippen LogP contribution in [0.15, 0.2) is 18.2 Å². The number of nitrogens with zero attached hydrogens (tertiary/aromatic N) is 1. The average Bonchev–Trinajstić information content (AvgIpc) is 2.41. The second kappa shape index (κ2) is 7.03. The maximum atomic E-state index is 12.0. The fraction of sp³-hybridized carbons (Fsp3) is 0.500. The van der Waals surface area contributed by atoms with Gasteiger partial charge in [-0.1, -0.05) is 6.92 Å². The summed E-state index contributed by atoms with van der Waals surface area (Å²) in [4.78, 5) is 22.2. The molecule has 0 aliphatic carbocycles. The lowest BCUT2D eigenvalue weighted by Gasteiger charge is -2.29. The van der Waals surface area contributed by atoms with Crippen LogP contribution in [-0.4, -0.2) is 28.2 Å². The molecule has 0 bridgehead atoms. The first-order valence-corrected chi connectivity index (χ1v) is 6.76. The van der Waals surface area contributed by atoms with E-state index >= 15 is 0 Å². The predicted molar refractivity (Wildman–Crippen MR) is 80.4 cm³/mol. The van der Waals surface area contributed by atoms with Crippen LogP contribution in [0, 0.1) is 17.0 Å². The van der Waals surface area contributed by atoms with Gasteiger partial charge >= 0.3 is 6.03 Å². The van der Waals surface area contributed by atoms with Crippen molar-refractivity contribution in [3.05, 3.63) is 33.9 Å². The van der Waals surface area contributed by atoms with E-state index in [1.165, 1.54) is 18.2 Å². The molecule has 21 heavy (non-hydrogen) atoms. The first kappa shape index (κ1) is 16.9. The highest BCUT2D eigenvalue weighted by Crippen LogP contribution is 2.21. The van der Waals surface area contributed by atoms with Gasteiger partial charge in [0.15, 0.2) is 0 Å². The number of carbonyl (C=O) groups is 1. The number of benzene rings is 1. The molecule has 116 valence electrons. The Bertz CT molecular complexity index is 533. The molecule has 3 N–H and O–H groups in total. The number of amides is 2. The Morgan fingerprint density at radius 1 is 1.48 bits per heavy atom. The summed E-state index contributed by atoms with van der Waals surface area (Å²) < 4.78 is 0. The van der Waals surface area contributed by atoms with E-state index in [9.17, 15) is 14.9 Å². The average molecular weight is 295 g/mol. The number of carbonyl (C=O) groups excluding carboxylic acids is 1. The number of hydrogen-bond acceptors (Lipinski definition) is 4. The van der Waals surface area contributed by atoms with Gasteiger partial charge in [-0.15, -0.1) is 0 Å². The molecular weight excluding hydrogens is 274 g/mol. The number of aliphatic hydroxyl groups excluding tert-OH is 1. The van der Waals surface area contributed by atoms with E-state index in [-0.39, 0.29) is 12.3 Å². The maximum Gasteiger partial charge on any atom is 0.319 e. The van der Waals surface area contributed by atoms with Gasteiger partial charge in [0.25, 0.3) is 5.69 Å². The summed E-state index contributed by atoms with van der Waals surface area (Å²) in [5.74, 6) is 0. The molecular formula is C14H21N3O4. The molecule has 0 saturated heterocycles. The Labute approximate surface area is 123 Å². The lowest BCUT2D eigenvalue weighted by atomic mass is 9.95. The SMILES string of the molecule is CCC(C)(CCO)NC(=O)Nc1ccc([N+](=O)[O-])cc1C. The lowest BCUT2D eigenvalue weighted by Crippen LogP contribution is -2.48. The minimum atomic E-state index is -0.493. The van der Waals surface area contributed by atoms with Crippen molar-refractivity contribution < 1.29 is 14.8 Å². The zero-order chi connectivity index (χ0) is 16.0. The fourth-order valence-electron chi connectivity index (χ4n) is 1.90. The Kier molecular flexibility index (Phi) is 5.66. The highest BCUT2D eigenvalue weighted by atomic mass is 16.6. The van der Waals surface area contributed by atoms with Gasteiger partial charge in [-0.2, -0.15) is 0 Å². The Morgan fingerprint density at radius 2 is 2.14 bits per heavy atom. The molecule has 1 atom stereocenters. The number of anilines is 1. The molecule has 0 fully saturated rings. The highest BCUT2D eigenvalue weighted by Gasteiger charge is 2.23. The van der Waals surface area contributed by atoms with Gasteiger partial charge in [0.1, 0.15) is 0 Å². The van der Waals surface area contributed by atoms with Gasteiger partial charge in [-0.05, 0) is 38.3 Å². The van der Waals surface area contributed by atoms with Gasteiger partial charge in [-0.25, -0.2) is 4.79 Å². The van der Waals surface area contributed by atoms with Crippen LogP contribution in [-0.2, 0) is 0 Å². The van der Waals surface area contributed by atoms with Gasteiger partial charge in [0, 0.05) is 30.0 Å². The third-order valence-electron chi connectivity index (χ3n) is 3.53. The molecule has 0 aliphatic heterocycles. The number of urea groups is 1. The van der Waals surface area contributed by atoms with Crippen molar-refractivity contribution in [3.8, 4) is 0 Å². The minimum absolute atomic E-state index is 0.0127. The monoisotopic (exact) mass is 295 g/mol. The quantitative estimate of drug-likeness (QED) is 0.554. The van der Waals surface area contributed by atoms with Crippen molar-refractivity contribution in [1.29, 1.82) is 0 Å². The van der Waals surface area contributed by atoms with Crippen LogP contribution in [0.5, 0.6) is 0 Å².